The van der Waals surface area contributed by atoms with Crippen LogP contribution >= 0.6 is 0 Å². The number of amides is 1. The van der Waals surface area contributed by atoms with Crippen LogP contribution in [0, 0.1) is 0 Å². The molecule has 10 atom stereocenters. The van der Waals surface area contributed by atoms with Gasteiger partial charge in [-0.05, 0) is 37.6 Å². The van der Waals surface area contributed by atoms with Gasteiger partial charge >= 0.3 is 0 Å². The molecule has 3 aliphatic rings. The topological polar surface area (TPSA) is 184 Å². The van der Waals surface area contributed by atoms with Crippen LogP contribution in [0.25, 0.3) is 6.08 Å². The van der Waals surface area contributed by atoms with Gasteiger partial charge in [0.15, 0.2) is 5.78 Å². The largest absolute Gasteiger partial charge is 0.462 e. The molecule has 2 saturated heterocycles. The fourth-order valence-electron chi connectivity index (χ4n) is 4.39. The first-order chi connectivity index (χ1) is 16.6. The number of rotatable bonds is 6. The van der Waals surface area contributed by atoms with E-state index in [0.29, 0.717) is 11.3 Å². The molecule has 35 heavy (non-hydrogen) atoms. The molecule has 0 aromatic heterocycles. The lowest BCUT2D eigenvalue weighted by atomic mass is 9.83. The molecule has 1 aromatic carbocycles. The van der Waals surface area contributed by atoms with Gasteiger partial charge in [0, 0.05) is 5.57 Å². The number of Topliss-reactive ketones (excluding diaryl/α,β-unsaturated/α-hetero) is 1. The summed E-state index contributed by atoms with van der Waals surface area (Å²) in [7, 11) is 0. The molecule has 1 aromatic rings. The SMILES string of the molecule is CC(=O)[C@H]1O[C@@H](Oc2ccc(/C=C(\C)C(=O)NC3[C@@H](O)[C@@H]4OCO[C@@H]4[C@H](O)[C@H]3O)cc2)[C@@H](O)[C@@H]1O. The van der Waals surface area contributed by atoms with Gasteiger partial charge in [0.05, 0.1) is 6.04 Å². The van der Waals surface area contributed by atoms with Gasteiger partial charge < -0.3 is 49.8 Å². The zero-order chi connectivity index (χ0) is 25.4. The van der Waals surface area contributed by atoms with Crippen molar-refractivity contribution in [3.05, 3.63) is 35.4 Å². The molecule has 2 aliphatic heterocycles. The van der Waals surface area contributed by atoms with Gasteiger partial charge in [-0.25, -0.2) is 0 Å². The maximum absolute atomic E-state index is 12.7. The molecule has 2 heterocycles. The highest BCUT2D eigenvalue weighted by atomic mass is 16.7. The molecule has 12 nitrogen and oxygen atoms in total. The summed E-state index contributed by atoms with van der Waals surface area (Å²) in [4.78, 5) is 24.2. The number of ether oxygens (including phenoxy) is 4. The van der Waals surface area contributed by atoms with Crippen molar-refractivity contribution in [2.75, 3.05) is 6.79 Å². The molecule has 192 valence electrons. The summed E-state index contributed by atoms with van der Waals surface area (Å²) in [5, 5.41) is 53.5. The van der Waals surface area contributed by atoms with Gasteiger partial charge in [0.1, 0.15) is 61.4 Å². The zero-order valence-corrected chi connectivity index (χ0v) is 19.1. The summed E-state index contributed by atoms with van der Waals surface area (Å²) in [6.07, 6.45) is -9.41. The Hall–Kier alpha value is -2.42. The van der Waals surface area contributed by atoms with Gasteiger partial charge in [0.2, 0.25) is 12.2 Å². The van der Waals surface area contributed by atoms with E-state index in [1.165, 1.54) is 6.92 Å². The monoisotopic (exact) mass is 495 g/mol. The molecule has 1 amide bonds. The molecule has 0 spiro atoms. The van der Waals surface area contributed by atoms with E-state index in [0.717, 1.165) is 0 Å². The number of ketones is 1. The van der Waals surface area contributed by atoms with Crippen LogP contribution in [-0.4, -0.2) is 105 Å². The molecule has 3 fully saturated rings. The van der Waals surface area contributed by atoms with E-state index in [9.17, 15) is 35.1 Å². The van der Waals surface area contributed by atoms with E-state index in [4.69, 9.17) is 18.9 Å². The lowest BCUT2D eigenvalue weighted by Crippen LogP contribution is -2.67. The molecule has 1 aliphatic carbocycles. The van der Waals surface area contributed by atoms with Crippen molar-refractivity contribution in [1.82, 2.24) is 5.32 Å². The highest BCUT2D eigenvalue weighted by molar-refractivity contribution is 5.97. The van der Waals surface area contributed by atoms with Gasteiger partial charge in [-0.2, -0.15) is 0 Å². The second-order valence-corrected chi connectivity index (χ2v) is 8.88. The number of fused-ring (bicyclic) bond motifs is 1. The van der Waals surface area contributed by atoms with E-state index in [1.807, 2.05) is 0 Å². The van der Waals surface area contributed by atoms with Gasteiger partial charge in [-0.1, -0.05) is 12.1 Å². The predicted molar refractivity (Wildman–Crippen MR) is 117 cm³/mol. The maximum Gasteiger partial charge on any atom is 0.247 e. The van der Waals surface area contributed by atoms with Gasteiger partial charge in [-0.15, -0.1) is 0 Å². The number of hydrogen-bond acceptors (Lipinski definition) is 11. The average Bonchev–Trinajstić information content (AvgIpc) is 3.43. The second-order valence-electron chi connectivity index (χ2n) is 8.88. The quantitative estimate of drug-likeness (QED) is 0.236. The van der Waals surface area contributed by atoms with Gasteiger partial charge in [-0.3, -0.25) is 9.59 Å². The third kappa shape index (κ3) is 5.10. The van der Waals surface area contributed by atoms with Crippen LogP contribution in [0.5, 0.6) is 5.75 Å². The Morgan fingerprint density at radius 2 is 1.54 bits per heavy atom. The minimum absolute atomic E-state index is 0.126. The number of nitrogens with one attached hydrogen (secondary N) is 1. The molecular weight excluding hydrogens is 466 g/mol. The fourth-order valence-corrected chi connectivity index (χ4v) is 4.39. The lowest BCUT2D eigenvalue weighted by molar-refractivity contribution is -0.155. The first kappa shape index (κ1) is 25.7. The normalized spacial score (nSPS) is 39.2. The molecule has 6 N–H and O–H groups in total. The lowest BCUT2D eigenvalue weighted by Gasteiger charge is -2.41. The number of benzene rings is 1. The van der Waals surface area contributed by atoms with E-state index in [2.05, 4.69) is 5.32 Å². The smallest absolute Gasteiger partial charge is 0.247 e. The van der Waals surface area contributed by atoms with E-state index in [-0.39, 0.29) is 12.4 Å². The van der Waals surface area contributed by atoms with Crippen LogP contribution in [0.15, 0.2) is 29.8 Å². The van der Waals surface area contributed by atoms with Gasteiger partial charge in [0.25, 0.3) is 0 Å². The van der Waals surface area contributed by atoms with Crippen LogP contribution in [0.3, 0.4) is 0 Å². The highest BCUT2D eigenvalue weighted by Gasteiger charge is 2.53. The summed E-state index contributed by atoms with van der Waals surface area (Å²) >= 11 is 0. The molecule has 1 saturated carbocycles. The Bertz CT molecular complexity index is 967. The van der Waals surface area contributed by atoms with Crippen molar-refractivity contribution in [2.45, 2.75) is 75.0 Å². The van der Waals surface area contributed by atoms with Crippen LogP contribution in [-0.2, 0) is 23.8 Å². The van der Waals surface area contributed by atoms with Crippen LogP contribution in [0.1, 0.15) is 19.4 Å². The summed E-state index contributed by atoms with van der Waals surface area (Å²) in [5.41, 5.74) is 0.886. The number of carbonyl (C=O) groups is 2. The zero-order valence-electron chi connectivity index (χ0n) is 19.1. The molecular formula is C23H29NO11. The molecule has 0 radical (unpaired) electrons. The van der Waals surface area contributed by atoms with Crippen molar-refractivity contribution in [2.24, 2.45) is 0 Å². The van der Waals surface area contributed by atoms with Crippen molar-refractivity contribution in [3.63, 3.8) is 0 Å². The van der Waals surface area contributed by atoms with Crippen LogP contribution in [0.4, 0.5) is 0 Å². The predicted octanol–water partition coefficient (Wildman–Crippen LogP) is -2.17. The summed E-state index contributed by atoms with van der Waals surface area (Å²) < 4.78 is 21.3. The van der Waals surface area contributed by atoms with Crippen molar-refractivity contribution in [3.8, 4) is 5.75 Å². The fraction of sp³-hybridized carbons (Fsp3) is 0.565. The first-order valence-electron chi connectivity index (χ1n) is 11.1. The van der Waals surface area contributed by atoms with E-state index < -0.39 is 72.9 Å². The minimum Gasteiger partial charge on any atom is -0.462 e. The first-order valence-corrected chi connectivity index (χ1v) is 11.1. The summed E-state index contributed by atoms with van der Waals surface area (Å²) in [5.74, 6) is -0.686. The van der Waals surface area contributed by atoms with Crippen molar-refractivity contribution in [1.29, 1.82) is 0 Å². The Balaban J connectivity index is 1.37. The molecule has 12 heteroatoms. The van der Waals surface area contributed by atoms with E-state index in [1.54, 1.807) is 37.3 Å². The Kier molecular flexibility index (Phi) is 7.54. The van der Waals surface area contributed by atoms with E-state index >= 15 is 0 Å². The number of aliphatic hydroxyl groups excluding tert-OH is 5. The third-order valence-corrected chi connectivity index (χ3v) is 6.40. The maximum atomic E-state index is 12.7. The summed E-state index contributed by atoms with van der Waals surface area (Å²) in [6, 6.07) is 5.22. The Morgan fingerprint density at radius 3 is 2.14 bits per heavy atom. The second kappa shape index (κ2) is 10.3. The Morgan fingerprint density at radius 1 is 0.914 bits per heavy atom. The minimum atomic E-state index is -1.45. The molecule has 1 unspecified atom stereocenters. The van der Waals surface area contributed by atoms with Crippen LogP contribution < -0.4 is 10.1 Å². The number of carbonyl (C=O) groups excluding carboxylic acids is 2. The number of hydrogen-bond donors (Lipinski definition) is 6. The van der Waals surface area contributed by atoms with Crippen molar-refractivity contribution < 1.29 is 54.1 Å². The highest BCUT2D eigenvalue weighted by Crippen LogP contribution is 2.30. The molecule has 4 rings (SSSR count). The average molecular weight is 495 g/mol. The van der Waals surface area contributed by atoms with Crippen LogP contribution in [0.2, 0.25) is 0 Å². The third-order valence-electron chi connectivity index (χ3n) is 6.40. The van der Waals surface area contributed by atoms with Crippen molar-refractivity contribution >= 4 is 17.8 Å². The number of aliphatic hydroxyl groups is 5. The Labute approximate surface area is 200 Å². The molecule has 0 bridgehead atoms. The summed E-state index contributed by atoms with van der Waals surface area (Å²) in [6.45, 7) is 2.66. The standard InChI is InChI=1S/C23H29NO11/c1-9(22(31)24-13-14(26)16(28)21-20(15(13)27)32-8-33-21)7-11-3-5-12(6-4-11)34-23-18(30)17(29)19(35-23)10(2)25/h3-7,13-21,23,26-30H,8H2,1-2H3,(H,24,31)/b9-7+/t13?,14-,15+,16+,17-,18-,19+,20-,21+,23+/m0/s1.